The van der Waals surface area contributed by atoms with E-state index in [4.69, 9.17) is 10.6 Å². The smallest absolute Gasteiger partial charge is 0.0679 e. The van der Waals surface area contributed by atoms with E-state index in [1.807, 2.05) is 0 Å². The van der Waals surface area contributed by atoms with E-state index in [0.717, 1.165) is 25.6 Å². The van der Waals surface area contributed by atoms with Gasteiger partial charge in [-0.15, -0.1) is 0 Å². The molecule has 0 aromatic heterocycles. The van der Waals surface area contributed by atoms with Gasteiger partial charge in [-0.25, -0.2) is 5.90 Å². The van der Waals surface area contributed by atoms with Crippen molar-refractivity contribution in [3.63, 3.8) is 0 Å². The van der Waals surface area contributed by atoms with E-state index in [9.17, 15) is 0 Å². The molecule has 1 saturated heterocycles. The number of rotatable bonds is 4. The molecule has 2 N–H and O–H groups in total. The third kappa shape index (κ3) is 3.70. The molecule has 0 saturated carbocycles. The van der Waals surface area contributed by atoms with Crippen molar-refractivity contribution in [2.75, 3.05) is 19.8 Å². The van der Waals surface area contributed by atoms with Gasteiger partial charge in [-0.05, 0) is 31.6 Å². The largest absolute Gasteiger partial charge is 0.381 e. The molecule has 66 valence electrons. The highest BCUT2D eigenvalue weighted by Crippen LogP contribution is 2.18. The Hall–Kier alpha value is -0.120. The molecule has 0 spiro atoms. The van der Waals surface area contributed by atoms with E-state index in [-0.39, 0.29) is 0 Å². The second-order valence-corrected chi connectivity index (χ2v) is 3.10. The van der Waals surface area contributed by atoms with Crippen molar-refractivity contribution < 1.29 is 9.57 Å². The van der Waals surface area contributed by atoms with Crippen LogP contribution in [0.25, 0.3) is 0 Å². The fourth-order valence-electron chi connectivity index (χ4n) is 1.49. The first kappa shape index (κ1) is 8.97. The molecule has 11 heavy (non-hydrogen) atoms. The third-order valence-corrected chi connectivity index (χ3v) is 2.13. The number of hydrogen-bond acceptors (Lipinski definition) is 3. The molecule has 0 aromatic carbocycles. The Bertz CT molecular complexity index is 92.1. The van der Waals surface area contributed by atoms with Gasteiger partial charge in [0.2, 0.25) is 0 Å². The van der Waals surface area contributed by atoms with E-state index in [1.165, 1.54) is 19.3 Å². The zero-order chi connectivity index (χ0) is 7.94. The molecule has 1 unspecified atom stereocenters. The van der Waals surface area contributed by atoms with Crippen LogP contribution in [-0.2, 0) is 9.57 Å². The molecule has 1 heterocycles. The van der Waals surface area contributed by atoms with Crippen LogP contribution in [0.3, 0.4) is 0 Å². The SMILES string of the molecule is NOCCCC1CCCOC1. The van der Waals surface area contributed by atoms with E-state index >= 15 is 0 Å². The summed E-state index contributed by atoms with van der Waals surface area (Å²) in [5.41, 5.74) is 0. The minimum atomic E-state index is 0.677. The van der Waals surface area contributed by atoms with Crippen molar-refractivity contribution in [1.29, 1.82) is 0 Å². The van der Waals surface area contributed by atoms with Crippen molar-refractivity contribution in [3.8, 4) is 0 Å². The summed E-state index contributed by atoms with van der Waals surface area (Å²) in [6.45, 7) is 2.56. The van der Waals surface area contributed by atoms with Crippen LogP contribution in [-0.4, -0.2) is 19.8 Å². The molecular formula is C8H17NO2. The minimum absolute atomic E-state index is 0.677. The molecular weight excluding hydrogens is 142 g/mol. The molecule has 1 rings (SSSR count). The average molecular weight is 159 g/mol. The number of ether oxygens (including phenoxy) is 1. The molecule has 0 aliphatic carbocycles. The molecule has 0 bridgehead atoms. The van der Waals surface area contributed by atoms with Gasteiger partial charge in [0, 0.05) is 13.2 Å². The van der Waals surface area contributed by atoms with Gasteiger partial charge in [0.1, 0.15) is 0 Å². The van der Waals surface area contributed by atoms with E-state index in [2.05, 4.69) is 4.84 Å². The van der Waals surface area contributed by atoms with Crippen LogP contribution in [0.5, 0.6) is 0 Å². The van der Waals surface area contributed by atoms with Crippen LogP contribution in [0.1, 0.15) is 25.7 Å². The summed E-state index contributed by atoms with van der Waals surface area (Å²) in [5, 5.41) is 0. The Morgan fingerprint density at radius 3 is 3.09 bits per heavy atom. The highest BCUT2D eigenvalue weighted by molar-refractivity contribution is 4.62. The lowest BCUT2D eigenvalue weighted by atomic mass is 9.97. The Balaban J connectivity index is 1.96. The van der Waals surface area contributed by atoms with E-state index in [0.29, 0.717) is 6.61 Å². The molecule has 3 nitrogen and oxygen atoms in total. The highest BCUT2D eigenvalue weighted by atomic mass is 16.6. The third-order valence-electron chi connectivity index (χ3n) is 2.13. The standard InChI is InChI=1S/C8H17NO2/c9-11-6-2-4-8-3-1-5-10-7-8/h8H,1-7,9H2. The Morgan fingerprint density at radius 2 is 2.45 bits per heavy atom. The average Bonchev–Trinajstić information content (AvgIpc) is 2.07. The van der Waals surface area contributed by atoms with Crippen LogP contribution in [0.15, 0.2) is 0 Å². The van der Waals surface area contributed by atoms with E-state index < -0.39 is 0 Å². The Kier molecular flexibility index (Phi) is 4.50. The summed E-state index contributed by atoms with van der Waals surface area (Å²) in [6, 6.07) is 0. The summed E-state index contributed by atoms with van der Waals surface area (Å²) in [7, 11) is 0. The predicted molar refractivity (Wildman–Crippen MR) is 42.9 cm³/mol. The first-order valence-corrected chi connectivity index (χ1v) is 4.33. The van der Waals surface area contributed by atoms with Gasteiger partial charge in [-0.3, -0.25) is 0 Å². The summed E-state index contributed by atoms with van der Waals surface area (Å²) >= 11 is 0. The maximum Gasteiger partial charge on any atom is 0.0679 e. The zero-order valence-corrected chi connectivity index (χ0v) is 6.92. The van der Waals surface area contributed by atoms with Gasteiger partial charge in [0.25, 0.3) is 0 Å². The summed E-state index contributed by atoms with van der Waals surface area (Å²) in [4.78, 5) is 4.49. The zero-order valence-electron chi connectivity index (χ0n) is 6.92. The lowest BCUT2D eigenvalue weighted by Gasteiger charge is -2.21. The van der Waals surface area contributed by atoms with Crippen LogP contribution < -0.4 is 5.90 Å². The van der Waals surface area contributed by atoms with E-state index in [1.54, 1.807) is 0 Å². The first-order valence-electron chi connectivity index (χ1n) is 4.33. The molecule has 1 fully saturated rings. The van der Waals surface area contributed by atoms with Gasteiger partial charge in [-0.1, -0.05) is 0 Å². The summed E-state index contributed by atoms with van der Waals surface area (Å²) in [6.07, 6.45) is 4.78. The highest BCUT2D eigenvalue weighted by Gasteiger charge is 2.12. The van der Waals surface area contributed by atoms with Crippen molar-refractivity contribution in [3.05, 3.63) is 0 Å². The number of hydrogen-bond donors (Lipinski definition) is 1. The van der Waals surface area contributed by atoms with Gasteiger partial charge < -0.3 is 9.57 Å². The first-order chi connectivity index (χ1) is 5.43. The fourth-order valence-corrected chi connectivity index (χ4v) is 1.49. The van der Waals surface area contributed by atoms with Crippen molar-refractivity contribution in [2.45, 2.75) is 25.7 Å². The van der Waals surface area contributed by atoms with Gasteiger partial charge >= 0.3 is 0 Å². The van der Waals surface area contributed by atoms with Crippen molar-refractivity contribution in [1.82, 2.24) is 0 Å². The van der Waals surface area contributed by atoms with Crippen LogP contribution in [0, 0.1) is 5.92 Å². The minimum Gasteiger partial charge on any atom is -0.381 e. The predicted octanol–water partition coefficient (Wildman–Crippen LogP) is 1.08. The Morgan fingerprint density at radius 1 is 1.55 bits per heavy atom. The molecule has 1 aliphatic rings. The normalized spacial score (nSPS) is 25.4. The maximum atomic E-state index is 5.34. The van der Waals surface area contributed by atoms with Crippen LogP contribution in [0.2, 0.25) is 0 Å². The molecule has 1 atom stereocenters. The number of nitrogens with two attached hydrogens (primary N) is 1. The summed E-state index contributed by atoms with van der Waals surface area (Å²) < 4.78 is 5.34. The van der Waals surface area contributed by atoms with Crippen LogP contribution in [0.4, 0.5) is 0 Å². The van der Waals surface area contributed by atoms with Gasteiger partial charge in [0.15, 0.2) is 0 Å². The quantitative estimate of drug-likeness (QED) is 0.493. The summed E-state index contributed by atoms with van der Waals surface area (Å²) in [5.74, 6) is 5.66. The molecule has 3 heteroatoms. The fraction of sp³-hybridized carbons (Fsp3) is 1.00. The van der Waals surface area contributed by atoms with Crippen molar-refractivity contribution in [2.24, 2.45) is 11.8 Å². The van der Waals surface area contributed by atoms with Crippen LogP contribution >= 0.6 is 0 Å². The van der Waals surface area contributed by atoms with Crippen molar-refractivity contribution >= 4 is 0 Å². The molecule has 0 radical (unpaired) electrons. The maximum absolute atomic E-state index is 5.34. The molecule has 0 aromatic rings. The second-order valence-electron chi connectivity index (χ2n) is 3.10. The lowest BCUT2D eigenvalue weighted by molar-refractivity contribution is 0.0455. The lowest BCUT2D eigenvalue weighted by Crippen LogP contribution is -2.17. The topological polar surface area (TPSA) is 44.5 Å². The molecule has 0 amide bonds. The second kappa shape index (κ2) is 5.52. The molecule has 1 aliphatic heterocycles. The van der Waals surface area contributed by atoms with Gasteiger partial charge in [-0.2, -0.15) is 0 Å². The monoisotopic (exact) mass is 159 g/mol. The Labute approximate surface area is 67.8 Å². The van der Waals surface area contributed by atoms with Gasteiger partial charge in [0.05, 0.1) is 6.61 Å².